The molecule has 0 bridgehead atoms. The molecule has 0 N–H and O–H groups in total. The van der Waals surface area contributed by atoms with Gasteiger partial charge in [0.15, 0.2) is 0 Å². The summed E-state index contributed by atoms with van der Waals surface area (Å²) < 4.78 is 2.00. The van der Waals surface area contributed by atoms with Crippen LogP contribution in [-0.2, 0) is 0 Å². The Hall–Kier alpha value is 0.460. The van der Waals surface area contributed by atoms with E-state index < -0.39 is 0 Å². The molecule has 0 aliphatic heterocycles. The van der Waals surface area contributed by atoms with E-state index in [9.17, 15) is 0 Å². The van der Waals surface area contributed by atoms with E-state index in [4.69, 9.17) is 23.2 Å². The van der Waals surface area contributed by atoms with Gasteiger partial charge in [0.1, 0.15) is 0 Å². The van der Waals surface area contributed by atoms with Crippen LogP contribution in [0.3, 0.4) is 0 Å². The highest BCUT2D eigenvalue weighted by Crippen LogP contribution is 2.40. The summed E-state index contributed by atoms with van der Waals surface area (Å²) in [5, 5.41) is 2.46. The van der Waals surface area contributed by atoms with Gasteiger partial charge in [0.2, 0.25) is 0 Å². The van der Waals surface area contributed by atoms with Crippen molar-refractivity contribution in [2.45, 2.75) is 5.38 Å². The Kier molecular flexibility index (Phi) is 4.36. The van der Waals surface area contributed by atoms with Crippen LogP contribution >= 0.6 is 66.4 Å². The molecule has 16 heavy (non-hydrogen) atoms. The van der Waals surface area contributed by atoms with Gasteiger partial charge >= 0.3 is 0 Å². The Morgan fingerprint density at radius 2 is 1.94 bits per heavy atom. The molecule has 1 aromatic heterocycles. The van der Waals surface area contributed by atoms with E-state index in [1.807, 2.05) is 29.6 Å². The highest BCUT2D eigenvalue weighted by atomic mass is 79.9. The van der Waals surface area contributed by atoms with Crippen molar-refractivity contribution in [3.05, 3.63) is 54.1 Å². The molecule has 0 aliphatic rings. The summed E-state index contributed by atoms with van der Waals surface area (Å²) in [6.07, 6.45) is 0. The van der Waals surface area contributed by atoms with Gasteiger partial charge in [-0.3, -0.25) is 0 Å². The van der Waals surface area contributed by atoms with Crippen molar-refractivity contribution in [1.82, 2.24) is 0 Å². The standard InChI is InChI=1S/C11H6Br2Cl2S/c12-6-1-2-9(14)7(5-6)10(15)11-8(13)3-4-16-11/h1-5,10H. The predicted octanol–water partition coefficient (Wildman–Crippen LogP) is 6.25. The molecule has 1 heterocycles. The third-order valence-electron chi connectivity index (χ3n) is 2.11. The summed E-state index contributed by atoms with van der Waals surface area (Å²) in [6.45, 7) is 0. The largest absolute Gasteiger partial charge is 0.146 e. The van der Waals surface area contributed by atoms with Crippen LogP contribution in [0.1, 0.15) is 15.8 Å². The SMILES string of the molecule is Clc1ccc(Br)cc1C(Cl)c1sccc1Br. The van der Waals surface area contributed by atoms with Crippen molar-refractivity contribution in [1.29, 1.82) is 0 Å². The molecule has 5 heteroatoms. The van der Waals surface area contributed by atoms with Gasteiger partial charge in [-0.05, 0) is 51.1 Å². The second-order valence-corrected chi connectivity index (χ2v) is 6.72. The zero-order valence-electron chi connectivity index (χ0n) is 7.88. The van der Waals surface area contributed by atoms with Crippen molar-refractivity contribution >= 4 is 66.4 Å². The van der Waals surface area contributed by atoms with E-state index >= 15 is 0 Å². The van der Waals surface area contributed by atoms with Gasteiger partial charge in [0, 0.05) is 18.8 Å². The van der Waals surface area contributed by atoms with Gasteiger partial charge < -0.3 is 0 Å². The summed E-state index contributed by atoms with van der Waals surface area (Å²) in [6, 6.07) is 7.68. The van der Waals surface area contributed by atoms with E-state index in [0.717, 1.165) is 19.4 Å². The number of alkyl halides is 1. The van der Waals surface area contributed by atoms with Crippen LogP contribution in [0, 0.1) is 0 Å². The zero-order valence-corrected chi connectivity index (χ0v) is 13.4. The molecule has 1 unspecified atom stereocenters. The summed E-state index contributed by atoms with van der Waals surface area (Å²) in [7, 11) is 0. The van der Waals surface area contributed by atoms with Gasteiger partial charge in [-0.25, -0.2) is 0 Å². The molecular weight excluding hydrogens is 395 g/mol. The van der Waals surface area contributed by atoms with Gasteiger partial charge in [-0.1, -0.05) is 27.5 Å². The van der Waals surface area contributed by atoms with Crippen LogP contribution in [0.2, 0.25) is 5.02 Å². The van der Waals surface area contributed by atoms with Crippen LogP contribution < -0.4 is 0 Å². The second kappa shape index (κ2) is 5.40. The van der Waals surface area contributed by atoms with E-state index in [2.05, 4.69) is 31.9 Å². The van der Waals surface area contributed by atoms with E-state index in [1.54, 1.807) is 11.3 Å². The summed E-state index contributed by atoms with van der Waals surface area (Å²) in [5.41, 5.74) is 0.917. The van der Waals surface area contributed by atoms with Crippen molar-refractivity contribution in [2.24, 2.45) is 0 Å². The lowest BCUT2D eigenvalue weighted by Crippen LogP contribution is -1.92. The van der Waals surface area contributed by atoms with Crippen LogP contribution in [0.4, 0.5) is 0 Å². The zero-order chi connectivity index (χ0) is 11.7. The van der Waals surface area contributed by atoms with Crippen molar-refractivity contribution in [2.75, 3.05) is 0 Å². The normalized spacial score (nSPS) is 12.8. The van der Waals surface area contributed by atoms with E-state index in [1.165, 1.54) is 0 Å². The summed E-state index contributed by atoms with van der Waals surface area (Å²) in [4.78, 5) is 1.07. The van der Waals surface area contributed by atoms with Crippen LogP contribution in [0.15, 0.2) is 38.6 Å². The first-order valence-electron chi connectivity index (χ1n) is 4.41. The lowest BCUT2D eigenvalue weighted by atomic mass is 10.1. The Morgan fingerprint density at radius 3 is 2.56 bits per heavy atom. The Balaban J connectivity index is 2.45. The molecule has 0 nitrogen and oxygen atoms in total. The first-order chi connectivity index (χ1) is 7.59. The van der Waals surface area contributed by atoms with Crippen LogP contribution in [0.25, 0.3) is 0 Å². The van der Waals surface area contributed by atoms with Gasteiger partial charge in [-0.2, -0.15) is 0 Å². The van der Waals surface area contributed by atoms with Crippen LogP contribution in [0.5, 0.6) is 0 Å². The number of benzene rings is 1. The average molecular weight is 401 g/mol. The summed E-state index contributed by atoms with van der Waals surface area (Å²) in [5.74, 6) is 0. The number of hydrogen-bond donors (Lipinski definition) is 0. The maximum Gasteiger partial charge on any atom is 0.0953 e. The van der Waals surface area contributed by atoms with Gasteiger partial charge in [-0.15, -0.1) is 22.9 Å². The molecule has 0 saturated heterocycles. The molecule has 1 aromatic carbocycles. The average Bonchev–Trinajstić information content (AvgIpc) is 2.67. The first kappa shape index (κ1) is 12.9. The number of hydrogen-bond acceptors (Lipinski definition) is 1. The molecular formula is C11H6Br2Cl2S. The predicted molar refractivity (Wildman–Crippen MR) is 78.9 cm³/mol. The fourth-order valence-electron chi connectivity index (χ4n) is 1.34. The third kappa shape index (κ3) is 2.65. The fourth-order valence-corrected chi connectivity index (χ4v) is 4.18. The Bertz CT molecular complexity index is 510. The maximum absolute atomic E-state index is 6.43. The van der Waals surface area contributed by atoms with Gasteiger partial charge in [0.25, 0.3) is 0 Å². The second-order valence-electron chi connectivity index (χ2n) is 3.16. The molecule has 0 fully saturated rings. The minimum Gasteiger partial charge on any atom is -0.146 e. The Labute approximate surface area is 125 Å². The minimum atomic E-state index is -0.223. The van der Waals surface area contributed by atoms with E-state index in [-0.39, 0.29) is 5.38 Å². The lowest BCUT2D eigenvalue weighted by Gasteiger charge is -2.11. The fraction of sp³-hybridized carbons (Fsp3) is 0.0909. The molecule has 1 atom stereocenters. The smallest absolute Gasteiger partial charge is 0.0953 e. The monoisotopic (exact) mass is 398 g/mol. The molecule has 84 valence electrons. The van der Waals surface area contributed by atoms with Crippen molar-refractivity contribution < 1.29 is 0 Å². The number of halogens is 4. The lowest BCUT2D eigenvalue weighted by molar-refractivity contribution is 1.17. The first-order valence-corrected chi connectivity index (χ1v) is 7.69. The quantitative estimate of drug-likeness (QED) is 0.522. The highest BCUT2D eigenvalue weighted by Gasteiger charge is 2.18. The maximum atomic E-state index is 6.43. The molecule has 0 radical (unpaired) electrons. The molecule has 0 amide bonds. The highest BCUT2D eigenvalue weighted by molar-refractivity contribution is 9.10. The van der Waals surface area contributed by atoms with Gasteiger partial charge in [0.05, 0.1) is 5.38 Å². The minimum absolute atomic E-state index is 0.223. The molecule has 2 aromatic rings. The Morgan fingerprint density at radius 1 is 1.19 bits per heavy atom. The van der Waals surface area contributed by atoms with Crippen molar-refractivity contribution in [3.63, 3.8) is 0 Å². The summed E-state index contributed by atoms with van der Waals surface area (Å²) >= 11 is 21.1. The number of rotatable bonds is 2. The topological polar surface area (TPSA) is 0 Å². The molecule has 0 aliphatic carbocycles. The van der Waals surface area contributed by atoms with Crippen LogP contribution in [-0.4, -0.2) is 0 Å². The molecule has 0 saturated carbocycles. The molecule has 2 rings (SSSR count). The van der Waals surface area contributed by atoms with E-state index in [0.29, 0.717) is 5.02 Å². The third-order valence-corrected chi connectivity index (χ3v) is 5.46. The number of thiophene rings is 1. The van der Waals surface area contributed by atoms with Crippen molar-refractivity contribution in [3.8, 4) is 0 Å². The molecule has 0 spiro atoms.